The number of carbonyl (C=O) groups excluding carboxylic acids is 2. The predicted molar refractivity (Wildman–Crippen MR) is 133 cm³/mol. The van der Waals surface area contributed by atoms with E-state index >= 15 is 0 Å². The van der Waals surface area contributed by atoms with Gasteiger partial charge < -0.3 is 20.5 Å². The minimum Gasteiger partial charge on any atom is -0.481 e. The largest absolute Gasteiger partial charge is 0.481 e. The lowest BCUT2D eigenvalue weighted by Crippen LogP contribution is -2.48. The van der Waals surface area contributed by atoms with E-state index in [1.165, 1.54) is 0 Å². The molecule has 1 unspecified atom stereocenters. The minimum atomic E-state index is -0.838. The van der Waals surface area contributed by atoms with Gasteiger partial charge in [-0.2, -0.15) is 0 Å². The first kappa shape index (κ1) is 24.5. The van der Waals surface area contributed by atoms with Crippen molar-refractivity contribution in [1.29, 1.82) is 0 Å². The SMILES string of the molecule is C=CCC(NC(=O)OCC1c2ccccc2-c2ccccc21)C(=O)NC[C@H]1CCCC[C@H]1C(=O)O. The van der Waals surface area contributed by atoms with Gasteiger partial charge in [0.1, 0.15) is 12.6 Å². The summed E-state index contributed by atoms with van der Waals surface area (Å²) in [7, 11) is 0. The Hall–Kier alpha value is -3.61. The third-order valence-corrected chi connectivity index (χ3v) is 7.12. The van der Waals surface area contributed by atoms with E-state index in [1.54, 1.807) is 6.08 Å². The second-order valence-corrected chi connectivity index (χ2v) is 9.28. The molecule has 2 aliphatic carbocycles. The van der Waals surface area contributed by atoms with E-state index in [0.29, 0.717) is 6.42 Å². The second-order valence-electron chi connectivity index (χ2n) is 9.28. The Morgan fingerprint density at radius 2 is 1.66 bits per heavy atom. The number of hydrogen-bond acceptors (Lipinski definition) is 4. The summed E-state index contributed by atoms with van der Waals surface area (Å²) in [6.07, 6.45) is 4.38. The van der Waals surface area contributed by atoms with Crippen molar-refractivity contribution in [2.45, 2.75) is 44.1 Å². The summed E-state index contributed by atoms with van der Waals surface area (Å²) in [5.74, 6) is -1.81. The van der Waals surface area contributed by atoms with Crippen LogP contribution in [0.15, 0.2) is 61.2 Å². The van der Waals surface area contributed by atoms with Crippen molar-refractivity contribution >= 4 is 18.0 Å². The van der Waals surface area contributed by atoms with Gasteiger partial charge in [-0.3, -0.25) is 9.59 Å². The molecule has 0 spiro atoms. The number of carboxylic acids is 1. The van der Waals surface area contributed by atoms with Gasteiger partial charge in [-0.15, -0.1) is 6.58 Å². The Balaban J connectivity index is 1.34. The molecule has 0 aliphatic heterocycles. The molecule has 2 aliphatic rings. The van der Waals surface area contributed by atoms with E-state index in [0.717, 1.165) is 41.5 Å². The lowest BCUT2D eigenvalue weighted by atomic mass is 9.79. The predicted octanol–water partition coefficient (Wildman–Crippen LogP) is 4.48. The highest BCUT2D eigenvalue weighted by Crippen LogP contribution is 2.44. The van der Waals surface area contributed by atoms with Crippen LogP contribution in [-0.2, 0) is 14.3 Å². The van der Waals surface area contributed by atoms with Crippen molar-refractivity contribution < 1.29 is 24.2 Å². The molecule has 2 amide bonds. The molecular weight excluding hydrogens is 444 g/mol. The molecule has 0 aromatic heterocycles. The molecule has 0 saturated heterocycles. The van der Waals surface area contributed by atoms with Crippen LogP contribution in [0.2, 0.25) is 0 Å². The third kappa shape index (κ3) is 5.56. The van der Waals surface area contributed by atoms with Crippen molar-refractivity contribution in [2.24, 2.45) is 11.8 Å². The van der Waals surface area contributed by atoms with Crippen LogP contribution in [-0.4, -0.2) is 42.3 Å². The van der Waals surface area contributed by atoms with E-state index in [9.17, 15) is 19.5 Å². The highest BCUT2D eigenvalue weighted by Gasteiger charge is 2.32. The Bertz CT molecular complexity index is 1050. The Morgan fingerprint density at radius 3 is 2.29 bits per heavy atom. The molecule has 1 fully saturated rings. The van der Waals surface area contributed by atoms with E-state index in [-0.39, 0.29) is 37.3 Å². The van der Waals surface area contributed by atoms with E-state index in [1.807, 2.05) is 36.4 Å². The molecule has 0 radical (unpaired) electrons. The monoisotopic (exact) mass is 476 g/mol. The number of fused-ring (bicyclic) bond motifs is 3. The maximum Gasteiger partial charge on any atom is 0.407 e. The van der Waals surface area contributed by atoms with Crippen LogP contribution >= 0.6 is 0 Å². The molecule has 3 N–H and O–H groups in total. The zero-order chi connectivity index (χ0) is 24.8. The maximum absolute atomic E-state index is 12.8. The van der Waals surface area contributed by atoms with Gasteiger partial charge in [0.2, 0.25) is 5.91 Å². The van der Waals surface area contributed by atoms with Crippen molar-refractivity contribution in [3.63, 3.8) is 0 Å². The number of hydrogen-bond donors (Lipinski definition) is 3. The number of carboxylic acid groups (broad SMARTS) is 1. The van der Waals surface area contributed by atoms with Crippen molar-refractivity contribution in [3.8, 4) is 11.1 Å². The first-order valence-electron chi connectivity index (χ1n) is 12.2. The Labute approximate surface area is 205 Å². The third-order valence-electron chi connectivity index (χ3n) is 7.12. The molecule has 2 aromatic carbocycles. The highest BCUT2D eigenvalue weighted by molar-refractivity contribution is 5.86. The summed E-state index contributed by atoms with van der Waals surface area (Å²) in [4.78, 5) is 37.0. The fraction of sp³-hybridized carbons (Fsp3) is 0.393. The first-order valence-corrected chi connectivity index (χ1v) is 12.2. The number of ether oxygens (including phenoxy) is 1. The summed E-state index contributed by atoms with van der Waals surface area (Å²) in [6.45, 7) is 4.12. The standard InChI is InChI=1S/C28H32N2O5/c1-2-9-25(26(31)29-16-18-10-3-4-11-19(18)27(32)33)30-28(34)35-17-24-22-14-7-5-12-20(22)21-13-6-8-15-23(21)24/h2,5-8,12-15,18-19,24-25H,1,3-4,9-11,16-17H2,(H,29,31)(H,30,34)(H,32,33)/t18-,19-,25?/m1/s1. The van der Waals surface area contributed by atoms with Crippen molar-refractivity contribution in [1.82, 2.24) is 10.6 Å². The lowest BCUT2D eigenvalue weighted by molar-refractivity contribution is -0.145. The van der Waals surface area contributed by atoms with Gasteiger partial charge in [0, 0.05) is 12.5 Å². The van der Waals surface area contributed by atoms with Crippen LogP contribution in [0, 0.1) is 11.8 Å². The normalized spacial score (nSPS) is 19.7. The molecule has 184 valence electrons. The fourth-order valence-corrected chi connectivity index (χ4v) is 5.31. The van der Waals surface area contributed by atoms with E-state index in [4.69, 9.17) is 4.74 Å². The summed E-state index contributed by atoms with van der Waals surface area (Å²) >= 11 is 0. The summed E-state index contributed by atoms with van der Waals surface area (Å²) < 4.78 is 5.57. The lowest BCUT2D eigenvalue weighted by Gasteiger charge is -2.29. The number of carbonyl (C=O) groups is 3. The van der Waals surface area contributed by atoms with Crippen LogP contribution in [0.3, 0.4) is 0 Å². The van der Waals surface area contributed by atoms with Crippen LogP contribution in [0.5, 0.6) is 0 Å². The molecule has 7 nitrogen and oxygen atoms in total. The molecular formula is C28H32N2O5. The Morgan fingerprint density at radius 1 is 1.03 bits per heavy atom. The second kappa shape index (κ2) is 11.2. The number of benzene rings is 2. The quantitative estimate of drug-likeness (QED) is 0.463. The topological polar surface area (TPSA) is 105 Å². The molecule has 0 heterocycles. The van der Waals surface area contributed by atoms with Crippen molar-refractivity contribution in [3.05, 3.63) is 72.3 Å². The Kier molecular flexibility index (Phi) is 7.85. The first-order chi connectivity index (χ1) is 17.0. The summed E-state index contributed by atoms with van der Waals surface area (Å²) in [5.41, 5.74) is 4.51. The zero-order valence-corrected chi connectivity index (χ0v) is 19.7. The molecule has 0 bridgehead atoms. The minimum absolute atomic E-state index is 0.0703. The smallest absolute Gasteiger partial charge is 0.407 e. The van der Waals surface area contributed by atoms with Crippen LogP contribution < -0.4 is 10.6 Å². The van der Waals surface area contributed by atoms with Gasteiger partial charge in [0.25, 0.3) is 0 Å². The number of amides is 2. The number of nitrogens with one attached hydrogen (secondary N) is 2. The van der Waals surface area contributed by atoms with Crippen LogP contribution in [0.1, 0.15) is 49.1 Å². The molecule has 4 rings (SSSR count). The van der Waals surface area contributed by atoms with Gasteiger partial charge in [0.15, 0.2) is 0 Å². The van der Waals surface area contributed by atoms with E-state index in [2.05, 4.69) is 29.3 Å². The van der Waals surface area contributed by atoms with Gasteiger partial charge in [-0.1, -0.05) is 67.4 Å². The molecule has 35 heavy (non-hydrogen) atoms. The number of aliphatic carboxylic acids is 1. The van der Waals surface area contributed by atoms with Gasteiger partial charge in [-0.25, -0.2) is 4.79 Å². The molecule has 2 aromatic rings. The summed E-state index contributed by atoms with van der Waals surface area (Å²) in [6, 6.07) is 15.3. The molecule has 3 atom stereocenters. The zero-order valence-electron chi connectivity index (χ0n) is 19.7. The molecule has 1 saturated carbocycles. The number of rotatable bonds is 9. The highest BCUT2D eigenvalue weighted by atomic mass is 16.5. The number of alkyl carbamates (subject to hydrolysis) is 1. The average Bonchev–Trinajstić information content (AvgIpc) is 3.19. The van der Waals surface area contributed by atoms with Gasteiger partial charge in [-0.05, 0) is 47.4 Å². The van der Waals surface area contributed by atoms with Crippen LogP contribution in [0.25, 0.3) is 11.1 Å². The van der Waals surface area contributed by atoms with Gasteiger partial charge in [0.05, 0.1) is 5.92 Å². The molecule has 7 heteroatoms. The average molecular weight is 477 g/mol. The van der Waals surface area contributed by atoms with E-state index < -0.39 is 24.0 Å². The summed E-state index contributed by atoms with van der Waals surface area (Å²) in [5, 5.41) is 14.9. The fourth-order valence-electron chi connectivity index (χ4n) is 5.31. The van der Waals surface area contributed by atoms with Crippen molar-refractivity contribution in [2.75, 3.05) is 13.2 Å². The van der Waals surface area contributed by atoms with Gasteiger partial charge >= 0.3 is 12.1 Å². The maximum atomic E-state index is 12.8. The van der Waals surface area contributed by atoms with Crippen LogP contribution in [0.4, 0.5) is 4.79 Å².